The van der Waals surface area contributed by atoms with E-state index in [1.165, 1.54) is 6.92 Å². The van der Waals surface area contributed by atoms with Gasteiger partial charge >= 0.3 is 0 Å². The van der Waals surface area contributed by atoms with Gasteiger partial charge in [-0.1, -0.05) is 0 Å². The quantitative estimate of drug-likeness (QED) is 0.252. The number of nitrogens with zero attached hydrogens (tertiary/aromatic N) is 2. The lowest BCUT2D eigenvalue weighted by molar-refractivity contribution is -0.870. The van der Waals surface area contributed by atoms with E-state index in [-0.39, 0.29) is 24.0 Å². The van der Waals surface area contributed by atoms with Gasteiger partial charge in [-0.2, -0.15) is 0 Å². The van der Waals surface area contributed by atoms with E-state index in [2.05, 4.69) is 26.1 Å². The minimum absolute atomic E-state index is 0. The fraction of sp³-hybridized carbons (Fsp3) is 0.889. The molecule has 0 bridgehead atoms. The normalized spacial score (nSPS) is 14.8. The summed E-state index contributed by atoms with van der Waals surface area (Å²) in [6.07, 6.45) is -0.0776. The molecule has 4 nitrogen and oxygen atoms in total. The molecule has 0 aliphatic carbocycles. The second-order valence-electron chi connectivity index (χ2n) is 4.26. The molecule has 0 aromatic rings. The van der Waals surface area contributed by atoms with Gasteiger partial charge in [0.15, 0.2) is 0 Å². The molecular weight excluding hydrogens is 295 g/mol. The molecule has 0 amide bonds. The maximum atomic E-state index is 10.8. The van der Waals surface area contributed by atoms with E-state index in [1.54, 1.807) is 0 Å². The van der Waals surface area contributed by atoms with E-state index in [0.29, 0.717) is 6.54 Å². The van der Waals surface area contributed by atoms with Crippen molar-refractivity contribution in [3.8, 4) is 0 Å². The first-order chi connectivity index (χ1) is 5.83. The van der Waals surface area contributed by atoms with Gasteiger partial charge in [0, 0.05) is 13.0 Å². The van der Waals surface area contributed by atoms with Crippen LogP contribution in [0, 0.1) is 0 Å². The second-order valence-corrected chi connectivity index (χ2v) is 4.26. The molecule has 1 unspecified atom stereocenters. The summed E-state index contributed by atoms with van der Waals surface area (Å²) < 4.78 is 0.873. The highest BCUT2D eigenvalue weighted by Gasteiger charge is 2.04. The standard InChI is InChI=1S/C9H20N2O2.HI/c1-8(12)9(13)10-6-5-7-11(2,3)4;/h8,12H,5-7H2,1-4H3;1H. The van der Waals surface area contributed by atoms with E-state index in [9.17, 15) is 5.11 Å². The summed E-state index contributed by atoms with van der Waals surface area (Å²) in [7, 11) is 6.28. The molecule has 5 heteroatoms. The Bertz CT molecular complexity index is 176. The van der Waals surface area contributed by atoms with Gasteiger partial charge in [0.2, 0.25) is 0 Å². The van der Waals surface area contributed by atoms with Gasteiger partial charge in [-0.25, -0.2) is 0 Å². The summed E-state index contributed by atoms with van der Waals surface area (Å²) >= 11 is 0. The maximum Gasteiger partial charge on any atom is 0.0798 e. The molecule has 0 saturated carbocycles. The number of aliphatic hydroxyl groups is 1. The van der Waals surface area contributed by atoms with Crippen molar-refractivity contribution >= 4 is 29.9 Å². The third-order valence-corrected chi connectivity index (χ3v) is 1.61. The van der Waals surface area contributed by atoms with Gasteiger partial charge in [-0.15, -0.1) is 24.0 Å². The van der Waals surface area contributed by atoms with Gasteiger partial charge in [-0.3, -0.25) is 0 Å². The van der Waals surface area contributed by atoms with Crippen LogP contribution < -0.4 is 5.11 Å². The molecule has 0 spiro atoms. The molecule has 0 aromatic heterocycles. The Morgan fingerprint density at radius 3 is 2.29 bits per heavy atom. The highest BCUT2D eigenvalue weighted by atomic mass is 127. The summed E-state index contributed by atoms with van der Waals surface area (Å²) in [6.45, 7) is 2.93. The van der Waals surface area contributed by atoms with Crippen molar-refractivity contribution in [2.24, 2.45) is 4.99 Å². The Labute approximate surface area is 103 Å². The van der Waals surface area contributed by atoms with Crippen molar-refractivity contribution in [2.75, 3.05) is 34.2 Å². The zero-order chi connectivity index (χ0) is 10.5. The van der Waals surface area contributed by atoms with Gasteiger partial charge < -0.3 is 19.7 Å². The smallest absolute Gasteiger partial charge is 0.0798 e. The molecule has 0 heterocycles. The molecule has 0 saturated heterocycles. The van der Waals surface area contributed by atoms with Crippen molar-refractivity contribution in [2.45, 2.75) is 19.4 Å². The lowest BCUT2D eigenvalue weighted by Gasteiger charge is -2.23. The number of quaternary nitrogens is 1. The van der Waals surface area contributed by atoms with E-state index in [0.717, 1.165) is 17.4 Å². The lowest BCUT2D eigenvalue weighted by atomic mass is 10.3. The van der Waals surface area contributed by atoms with Gasteiger partial charge in [0.25, 0.3) is 0 Å². The molecule has 0 radical (unpaired) electrons. The van der Waals surface area contributed by atoms with E-state index < -0.39 is 12.0 Å². The third kappa shape index (κ3) is 10.2. The molecule has 86 valence electrons. The summed E-state index contributed by atoms with van der Waals surface area (Å²) in [5.41, 5.74) is 0. The lowest BCUT2D eigenvalue weighted by Crippen LogP contribution is -2.36. The monoisotopic (exact) mass is 316 g/mol. The fourth-order valence-electron chi connectivity index (χ4n) is 0.866. The van der Waals surface area contributed by atoms with Crippen molar-refractivity contribution in [1.82, 2.24) is 0 Å². The Kier molecular flexibility index (Phi) is 8.77. The van der Waals surface area contributed by atoms with Crippen LogP contribution >= 0.6 is 24.0 Å². The van der Waals surface area contributed by atoms with Crippen LogP contribution in [0.5, 0.6) is 0 Å². The highest BCUT2D eigenvalue weighted by Crippen LogP contribution is 1.94. The minimum Gasteiger partial charge on any atom is -0.860 e. The Morgan fingerprint density at radius 1 is 1.43 bits per heavy atom. The summed E-state index contributed by atoms with van der Waals surface area (Å²) in [6, 6.07) is 0. The largest absolute Gasteiger partial charge is 0.860 e. The van der Waals surface area contributed by atoms with E-state index in [1.807, 2.05) is 0 Å². The minimum atomic E-state index is -0.955. The molecule has 0 fully saturated rings. The van der Waals surface area contributed by atoms with Gasteiger partial charge in [0.1, 0.15) is 0 Å². The van der Waals surface area contributed by atoms with Gasteiger partial charge in [0.05, 0.1) is 33.8 Å². The summed E-state index contributed by atoms with van der Waals surface area (Å²) in [5, 5.41) is 19.7. The third-order valence-electron chi connectivity index (χ3n) is 1.61. The first-order valence-corrected chi connectivity index (χ1v) is 4.53. The van der Waals surface area contributed by atoms with Crippen molar-refractivity contribution < 1.29 is 14.7 Å². The highest BCUT2D eigenvalue weighted by molar-refractivity contribution is 14.0. The topological polar surface area (TPSA) is 55.6 Å². The first kappa shape index (κ1) is 16.5. The average Bonchev–Trinajstić information content (AvgIpc) is 1.95. The first-order valence-electron chi connectivity index (χ1n) is 4.53. The Balaban J connectivity index is 0. The zero-order valence-corrected chi connectivity index (χ0v) is 11.7. The van der Waals surface area contributed by atoms with Crippen LogP contribution in [0.2, 0.25) is 0 Å². The molecule has 0 aliphatic rings. The van der Waals surface area contributed by atoms with Crippen LogP contribution in [-0.2, 0) is 0 Å². The van der Waals surface area contributed by atoms with Crippen LogP contribution in [0.25, 0.3) is 0 Å². The van der Waals surface area contributed by atoms with Crippen LogP contribution in [0.3, 0.4) is 0 Å². The summed E-state index contributed by atoms with van der Waals surface area (Å²) in [4.78, 5) is 3.73. The van der Waals surface area contributed by atoms with Crippen LogP contribution in [0.1, 0.15) is 13.3 Å². The van der Waals surface area contributed by atoms with E-state index in [4.69, 9.17) is 5.11 Å². The maximum absolute atomic E-state index is 10.8. The van der Waals surface area contributed by atoms with Crippen LogP contribution in [0.4, 0.5) is 0 Å². The van der Waals surface area contributed by atoms with Crippen molar-refractivity contribution in [3.63, 3.8) is 0 Å². The number of rotatable bonds is 5. The molecule has 0 rings (SSSR count). The predicted octanol–water partition coefficient (Wildman–Crippen LogP) is -0.160. The Hall–Kier alpha value is 0.120. The SMILES string of the molecule is CC(O)C([O-])=NCCC[N+](C)(C)C.I. The molecule has 0 aromatic carbocycles. The number of hydrogen-bond acceptors (Lipinski definition) is 3. The Morgan fingerprint density at radius 2 is 1.93 bits per heavy atom. The summed E-state index contributed by atoms with van der Waals surface area (Å²) in [5.74, 6) is -0.415. The fourth-order valence-corrected chi connectivity index (χ4v) is 0.866. The number of halogens is 1. The molecule has 14 heavy (non-hydrogen) atoms. The molecule has 0 aliphatic heterocycles. The number of hydrogen-bond donors (Lipinski definition) is 1. The molecule has 1 N–H and O–H groups in total. The molecule has 1 atom stereocenters. The van der Waals surface area contributed by atoms with Gasteiger partial charge in [-0.05, 0) is 12.8 Å². The molecular formula is C9H21IN2O2. The van der Waals surface area contributed by atoms with E-state index >= 15 is 0 Å². The zero-order valence-electron chi connectivity index (χ0n) is 9.36. The van der Waals surface area contributed by atoms with Crippen LogP contribution in [0.15, 0.2) is 4.99 Å². The van der Waals surface area contributed by atoms with Crippen molar-refractivity contribution in [1.29, 1.82) is 0 Å². The predicted molar refractivity (Wildman–Crippen MR) is 66.9 cm³/mol. The average molecular weight is 316 g/mol. The number of aliphatic imine (C=N–C) groups is 1. The second kappa shape index (κ2) is 7.42. The number of aliphatic hydroxyl groups excluding tert-OH is 1. The van der Waals surface area contributed by atoms with Crippen LogP contribution in [-0.4, -0.2) is 55.8 Å². The van der Waals surface area contributed by atoms with Crippen molar-refractivity contribution in [3.05, 3.63) is 0 Å².